The third-order valence-corrected chi connectivity index (χ3v) is 4.60. The molecule has 118 valence electrons. The second kappa shape index (κ2) is 9.32. The van der Waals surface area contributed by atoms with E-state index in [-0.39, 0.29) is 30.7 Å². The quantitative estimate of drug-likeness (QED) is 0.849. The van der Waals surface area contributed by atoms with Gasteiger partial charge in [0.1, 0.15) is 10.7 Å². The Labute approximate surface area is 144 Å². The highest BCUT2D eigenvalue weighted by Gasteiger charge is 2.10. The standard InChI is InChI=1S/C12H16N4OS2.2ClH/c1-7-10(19-8(2)15-7)3-4-14-12(17)9-6-18-11(5-13)16-9;;/h6H,3-5,13H2,1-2H3,(H,14,17);2*1H. The number of rotatable bonds is 5. The maximum atomic E-state index is 11.8. The van der Waals surface area contributed by atoms with Gasteiger partial charge in [-0.25, -0.2) is 9.97 Å². The Hall–Kier alpha value is -0.730. The number of carbonyl (C=O) groups is 1. The minimum atomic E-state index is -0.144. The van der Waals surface area contributed by atoms with Crippen LogP contribution in [-0.2, 0) is 13.0 Å². The van der Waals surface area contributed by atoms with Crippen molar-refractivity contribution in [3.05, 3.63) is 31.7 Å². The third-order valence-electron chi connectivity index (χ3n) is 2.60. The summed E-state index contributed by atoms with van der Waals surface area (Å²) in [5.74, 6) is -0.144. The van der Waals surface area contributed by atoms with Crippen molar-refractivity contribution in [3.8, 4) is 0 Å². The minimum absolute atomic E-state index is 0. The van der Waals surface area contributed by atoms with Gasteiger partial charge >= 0.3 is 0 Å². The van der Waals surface area contributed by atoms with Crippen LogP contribution in [0, 0.1) is 13.8 Å². The van der Waals surface area contributed by atoms with Gasteiger partial charge in [0.25, 0.3) is 5.91 Å². The van der Waals surface area contributed by atoms with Gasteiger partial charge in [-0.15, -0.1) is 47.5 Å². The molecule has 2 aromatic heterocycles. The van der Waals surface area contributed by atoms with Crippen molar-refractivity contribution in [2.45, 2.75) is 26.8 Å². The van der Waals surface area contributed by atoms with Crippen LogP contribution in [0.2, 0.25) is 0 Å². The molecule has 0 aliphatic rings. The highest BCUT2D eigenvalue weighted by Crippen LogP contribution is 2.17. The Morgan fingerprint density at radius 3 is 2.57 bits per heavy atom. The number of hydrogen-bond acceptors (Lipinski definition) is 6. The van der Waals surface area contributed by atoms with Gasteiger partial charge in [-0.05, 0) is 13.8 Å². The molecule has 1 amide bonds. The van der Waals surface area contributed by atoms with Crippen LogP contribution in [0.1, 0.15) is 31.1 Å². The fourth-order valence-corrected chi connectivity index (χ4v) is 3.29. The Balaban J connectivity index is 0.00000200. The molecule has 9 heteroatoms. The Bertz CT molecular complexity index is 586. The summed E-state index contributed by atoms with van der Waals surface area (Å²) >= 11 is 3.09. The normalized spacial score (nSPS) is 9.67. The summed E-state index contributed by atoms with van der Waals surface area (Å²) in [6, 6.07) is 0. The number of halogens is 2. The number of carbonyl (C=O) groups excluding carboxylic acids is 1. The number of nitrogens with zero attached hydrogens (tertiary/aromatic N) is 2. The zero-order valence-corrected chi connectivity index (χ0v) is 15.0. The van der Waals surface area contributed by atoms with Crippen LogP contribution >= 0.6 is 47.5 Å². The Kier molecular flexibility index (Phi) is 9.00. The Morgan fingerprint density at radius 1 is 1.33 bits per heavy atom. The highest BCUT2D eigenvalue weighted by atomic mass is 35.5. The maximum Gasteiger partial charge on any atom is 0.270 e. The first-order valence-corrected chi connectivity index (χ1v) is 7.65. The Morgan fingerprint density at radius 2 is 2.05 bits per heavy atom. The van der Waals surface area contributed by atoms with Gasteiger partial charge in [0.2, 0.25) is 0 Å². The lowest BCUT2D eigenvalue weighted by Crippen LogP contribution is -2.26. The summed E-state index contributed by atoms with van der Waals surface area (Å²) in [5.41, 5.74) is 6.97. The molecule has 0 fully saturated rings. The van der Waals surface area contributed by atoms with E-state index >= 15 is 0 Å². The molecular formula is C12H18Cl2N4OS2. The fourth-order valence-electron chi connectivity index (χ4n) is 1.69. The topological polar surface area (TPSA) is 80.9 Å². The van der Waals surface area contributed by atoms with Crippen molar-refractivity contribution in [1.29, 1.82) is 0 Å². The van der Waals surface area contributed by atoms with Crippen molar-refractivity contribution < 1.29 is 4.79 Å². The number of hydrogen-bond donors (Lipinski definition) is 2. The van der Waals surface area contributed by atoms with Crippen LogP contribution in [-0.4, -0.2) is 22.4 Å². The molecule has 0 saturated carbocycles. The first-order valence-electron chi connectivity index (χ1n) is 5.95. The average molecular weight is 369 g/mol. The summed E-state index contributed by atoms with van der Waals surface area (Å²) in [6.07, 6.45) is 0.803. The second-order valence-electron chi connectivity index (χ2n) is 4.08. The molecule has 0 bridgehead atoms. The van der Waals surface area contributed by atoms with E-state index in [2.05, 4.69) is 15.3 Å². The van der Waals surface area contributed by atoms with E-state index < -0.39 is 0 Å². The maximum absolute atomic E-state index is 11.8. The van der Waals surface area contributed by atoms with Crippen molar-refractivity contribution in [3.63, 3.8) is 0 Å². The number of nitrogens with two attached hydrogens (primary N) is 1. The molecule has 0 aliphatic carbocycles. The van der Waals surface area contributed by atoms with Gasteiger partial charge in [-0.2, -0.15) is 0 Å². The molecule has 0 aliphatic heterocycles. The number of nitrogens with one attached hydrogen (secondary N) is 1. The first-order chi connectivity index (χ1) is 9.10. The molecule has 2 heterocycles. The predicted octanol–water partition coefficient (Wildman–Crippen LogP) is 2.49. The van der Waals surface area contributed by atoms with Crippen LogP contribution in [0.25, 0.3) is 0 Å². The van der Waals surface area contributed by atoms with Gasteiger partial charge in [-0.3, -0.25) is 4.79 Å². The first kappa shape index (κ1) is 20.3. The van der Waals surface area contributed by atoms with Crippen LogP contribution < -0.4 is 11.1 Å². The molecule has 2 rings (SSSR count). The number of amides is 1. The number of aryl methyl sites for hydroxylation is 2. The molecule has 0 spiro atoms. The average Bonchev–Trinajstić information content (AvgIpc) is 2.96. The van der Waals surface area contributed by atoms with E-state index in [0.29, 0.717) is 18.8 Å². The van der Waals surface area contributed by atoms with Gasteiger partial charge < -0.3 is 11.1 Å². The van der Waals surface area contributed by atoms with Gasteiger partial charge in [-0.1, -0.05) is 0 Å². The van der Waals surface area contributed by atoms with E-state index in [9.17, 15) is 4.79 Å². The van der Waals surface area contributed by atoms with Crippen LogP contribution in [0.3, 0.4) is 0 Å². The molecule has 0 saturated heterocycles. The third kappa shape index (κ3) is 5.52. The minimum Gasteiger partial charge on any atom is -0.350 e. The van der Waals surface area contributed by atoms with E-state index in [0.717, 1.165) is 22.1 Å². The molecule has 2 aromatic rings. The SMILES string of the molecule is Cc1nc(C)c(CCNC(=O)c2csc(CN)n2)s1.Cl.Cl. The lowest BCUT2D eigenvalue weighted by atomic mass is 10.3. The lowest BCUT2D eigenvalue weighted by Gasteiger charge is -2.02. The molecule has 21 heavy (non-hydrogen) atoms. The van der Waals surface area contributed by atoms with Crippen LogP contribution in [0.4, 0.5) is 0 Å². The van der Waals surface area contributed by atoms with E-state index in [1.807, 2.05) is 13.8 Å². The summed E-state index contributed by atoms with van der Waals surface area (Å²) < 4.78 is 0. The summed E-state index contributed by atoms with van der Waals surface area (Å²) in [6.45, 7) is 4.95. The van der Waals surface area contributed by atoms with E-state index in [1.54, 1.807) is 16.7 Å². The molecule has 0 radical (unpaired) electrons. The highest BCUT2D eigenvalue weighted by molar-refractivity contribution is 7.11. The van der Waals surface area contributed by atoms with Crippen molar-refractivity contribution in [1.82, 2.24) is 15.3 Å². The summed E-state index contributed by atoms with van der Waals surface area (Å²) in [5, 5.41) is 6.44. The smallest absolute Gasteiger partial charge is 0.270 e. The van der Waals surface area contributed by atoms with Crippen LogP contribution in [0.15, 0.2) is 5.38 Å². The second-order valence-corrected chi connectivity index (χ2v) is 6.31. The van der Waals surface area contributed by atoms with Crippen LogP contribution in [0.5, 0.6) is 0 Å². The van der Waals surface area contributed by atoms with Crippen molar-refractivity contribution in [2.75, 3.05) is 6.54 Å². The summed E-state index contributed by atoms with van der Waals surface area (Å²) in [7, 11) is 0. The summed E-state index contributed by atoms with van der Waals surface area (Å²) in [4.78, 5) is 21.6. The zero-order valence-electron chi connectivity index (χ0n) is 11.7. The van der Waals surface area contributed by atoms with Gasteiger partial charge in [0, 0.05) is 29.8 Å². The van der Waals surface area contributed by atoms with E-state index in [1.165, 1.54) is 16.2 Å². The zero-order chi connectivity index (χ0) is 13.8. The van der Waals surface area contributed by atoms with E-state index in [4.69, 9.17) is 5.73 Å². The largest absolute Gasteiger partial charge is 0.350 e. The molecule has 5 nitrogen and oxygen atoms in total. The van der Waals surface area contributed by atoms with Gasteiger partial charge in [0.15, 0.2) is 0 Å². The molecule has 0 atom stereocenters. The fraction of sp³-hybridized carbons (Fsp3) is 0.417. The lowest BCUT2D eigenvalue weighted by molar-refractivity contribution is 0.0949. The number of thiazole rings is 2. The molecule has 3 N–H and O–H groups in total. The molecular weight excluding hydrogens is 351 g/mol. The number of aromatic nitrogens is 2. The van der Waals surface area contributed by atoms with Gasteiger partial charge in [0.05, 0.1) is 10.7 Å². The van der Waals surface area contributed by atoms with Crippen molar-refractivity contribution in [2.24, 2.45) is 5.73 Å². The van der Waals surface area contributed by atoms with Crippen molar-refractivity contribution >= 4 is 53.4 Å². The molecule has 0 unspecified atom stereocenters. The monoisotopic (exact) mass is 368 g/mol. The molecule has 0 aromatic carbocycles. The predicted molar refractivity (Wildman–Crippen MR) is 92.1 cm³/mol.